The highest BCUT2D eigenvalue weighted by molar-refractivity contribution is 9.11. The number of halogens is 2. The van der Waals surface area contributed by atoms with E-state index in [0.29, 0.717) is 61.8 Å². The second-order valence-corrected chi connectivity index (χ2v) is 10.5. The van der Waals surface area contributed by atoms with Gasteiger partial charge in [0.15, 0.2) is 23.0 Å². The van der Waals surface area contributed by atoms with Crippen molar-refractivity contribution < 1.29 is 38.0 Å². The van der Waals surface area contributed by atoms with Crippen molar-refractivity contribution in [1.29, 1.82) is 0 Å². The molecular formula is C27H34Br2O8. The topological polar surface area (TPSA) is 81.7 Å². The van der Waals surface area contributed by atoms with Crippen molar-refractivity contribution in [3.8, 4) is 45.6 Å². The molecule has 0 radical (unpaired) electrons. The standard InChI is InChI=1S/C27H34Br2O8/c1-10-16(30)37-27(3)12-15-18(22(32-5)26(36-9)24(34-7)20(15)29)17-14(11-13(27)2)19(28)23(33-6)25(35-8)21(17)31-4/h13H,10-12H2,1-9H3/t13-,27-/m1/s1. The van der Waals surface area contributed by atoms with Crippen molar-refractivity contribution in [3.05, 3.63) is 20.1 Å². The van der Waals surface area contributed by atoms with Crippen molar-refractivity contribution >= 4 is 37.8 Å². The van der Waals surface area contributed by atoms with E-state index in [0.717, 1.165) is 16.7 Å². The summed E-state index contributed by atoms with van der Waals surface area (Å²) in [5.41, 5.74) is 2.32. The number of hydrogen-bond donors (Lipinski definition) is 0. The molecule has 2 atom stereocenters. The van der Waals surface area contributed by atoms with Gasteiger partial charge in [0.25, 0.3) is 0 Å². The van der Waals surface area contributed by atoms with Crippen LogP contribution in [0, 0.1) is 5.92 Å². The summed E-state index contributed by atoms with van der Waals surface area (Å²) >= 11 is 7.54. The van der Waals surface area contributed by atoms with Crippen molar-refractivity contribution in [3.63, 3.8) is 0 Å². The maximum absolute atomic E-state index is 12.6. The van der Waals surface area contributed by atoms with Crippen LogP contribution in [0.4, 0.5) is 0 Å². The molecule has 0 saturated heterocycles. The number of fused-ring (bicyclic) bond motifs is 3. The van der Waals surface area contributed by atoms with Crippen molar-refractivity contribution in [2.45, 2.75) is 45.6 Å². The monoisotopic (exact) mass is 644 g/mol. The molecule has 2 aromatic carbocycles. The molecule has 1 aliphatic rings. The third-order valence-electron chi connectivity index (χ3n) is 7.00. The lowest BCUT2D eigenvalue weighted by Crippen LogP contribution is -2.42. The lowest BCUT2D eigenvalue weighted by Gasteiger charge is -2.39. The number of benzene rings is 2. The van der Waals surface area contributed by atoms with Gasteiger partial charge in [0, 0.05) is 29.9 Å². The Labute approximate surface area is 235 Å². The Morgan fingerprint density at radius 1 is 0.757 bits per heavy atom. The van der Waals surface area contributed by atoms with Crippen LogP contribution in [0.3, 0.4) is 0 Å². The van der Waals surface area contributed by atoms with Gasteiger partial charge >= 0.3 is 5.97 Å². The third kappa shape index (κ3) is 4.82. The van der Waals surface area contributed by atoms with Gasteiger partial charge in [0.05, 0.1) is 51.6 Å². The van der Waals surface area contributed by atoms with E-state index in [1.807, 2.05) is 6.92 Å². The van der Waals surface area contributed by atoms with Crippen molar-refractivity contribution in [2.24, 2.45) is 5.92 Å². The summed E-state index contributed by atoms with van der Waals surface area (Å²) in [6.07, 6.45) is 1.18. The molecule has 1 aliphatic carbocycles. The van der Waals surface area contributed by atoms with Crippen LogP contribution in [0.5, 0.6) is 34.5 Å². The van der Waals surface area contributed by atoms with E-state index in [4.69, 9.17) is 33.2 Å². The Kier molecular flexibility index (Phi) is 9.16. The molecule has 0 unspecified atom stereocenters. The van der Waals surface area contributed by atoms with Crippen LogP contribution in [-0.2, 0) is 22.4 Å². The second-order valence-electron chi connectivity index (χ2n) is 8.96. The highest BCUT2D eigenvalue weighted by atomic mass is 79.9. The van der Waals surface area contributed by atoms with Crippen LogP contribution < -0.4 is 28.4 Å². The molecule has 204 valence electrons. The maximum atomic E-state index is 12.6. The van der Waals surface area contributed by atoms with E-state index in [1.165, 1.54) is 0 Å². The van der Waals surface area contributed by atoms with E-state index in [-0.39, 0.29) is 18.3 Å². The Hall–Kier alpha value is -2.33. The largest absolute Gasteiger partial charge is 0.492 e. The molecule has 8 nitrogen and oxygen atoms in total. The number of hydrogen-bond acceptors (Lipinski definition) is 8. The summed E-state index contributed by atoms with van der Waals surface area (Å²) < 4.78 is 42.5. The van der Waals surface area contributed by atoms with Crippen molar-refractivity contribution in [1.82, 2.24) is 0 Å². The van der Waals surface area contributed by atoms with E-state index < -0.39 is 5.60 Å². The first kappa shape index (κ1) is 29.2. The minimum atomic E-state index is -0.855. The zero-order valence-corrected chi connectivity index (χ0v) is 25.9. The molecule has 0 bridgehead atoms. The normalized spacial score (nSPS) is 18.5. The van der Waals surface area contributed by atoms with Gasteiger partial charge in [0.1, 0.15) is 5.60 Å². The number of carbonyl (C=O) groups excluding carboxylic acids is 1. The van der Waals surface area contributed by atoms with Gasteiger partial charge in [0.2, 0.25) is 11.5 Å². The molecule has 0 saturated carbocycles. The van der Waals surface area contributed by atoms with E-state index in [9.17, 15) is 4.79 Å². The van der Waals surface area contributed by atoms with Gasteiger partial charge in [-0.15, -0.1) is 0 Å². The molecule has 0 heterocycles. The van der Waals surface area contributed by atoms with E-state index in [1.54, 1.807) is 49.6 Å². The summed E-state index contributed by atoms with van der Waals surface area (Å²) in [7, 11) is 9.42. The van der Waals surface area contributed by atoms with Gasteiger partial charge in [-0.3, -0.25) is 4.79 Å². The molecule has 0 aromatic heterocycles. The quantitative estimate of drug-likeness (QED) is 0.306. The molecule has 0 amide bonds. The van der Waals surface area contributed by atoms with E-state index in [2.05, 4.69) is 38.8 Å². The zero-order chi connectivity index (χ0) is 27.7. The predicted octanol–water partition coefficient (Wildman–Crippen LogP) is 6.38. The van der Waals surface area contributed by atoms with Crippen molar-refractivity contribution in [2.75, 3.05) is 42.7 Å². The first-order valence-electron chi connectivity index (χ1n) is 11.8. The zero-order valence-electron chi connectivity index (χ0n) is 22.7. The first-order valence-corrected chi connectivity index (χ1v) is 13.4. The average molecular weight is 646 g/mol. The van der Waals surface area contributed by atoms with Gasteiger partial charge in [-0.2, -0.15) is 0 Å². The number of methoxy groups -OCH3 is 6. The third-order valence-corrected chi connectivity index (χ3v) is 8.68. The molecule has 37 heavy (non-hydrogen) atoms. The van der Waals surface area contributed by atoms with Crippen LogP contribution in [-0.4, -0.2) is 54.2 Å². The lowest BCUT2D eigenvalue weighted by atomic mass is 9.74. The summed E-state index contributed by atoms with van der Waals surface area (Å²) in [6.45, 7) is 5.81. The minimum Gasteiger partial charge on any atom is -0.492 e. The molecular weight excluding hydrogens is 612 g/mol. The fraction of sp³-hybridized carbons (Fsp3) is 0.519. The van der Waals surface area contributed by atoms with Crippen LogP contribution in [0.25, 0.3) is 11.1 Å². The molecule has 0 spiro atoms. The molecule has 0 aliphatic heterocycles. The van der Waals surface area contributed by atoms with Gasteiger partial charge < -0.3 is 33.2 Å². The maximum Gasteiger partial charge on any atom is 0.306 e. The van der Waals surface area contributed by atoms with E-state index >= 15 is 0 Å². The number of carbonyl (C=O) groups is 1. The molecule has 3 rings (SSSR count). The van der Waals surface area contributed by atoms with Crippen LogP contribution in [0.2, 0.25) is 0 Å². The highest BCUT2D eigenvalue weighted by Gasteiger charge is 2.43. The Balaban J connectivity index is 2.63. The minimum absolute atomic E-state index is 0.0972. The fourth-order valence-electron chi connectivity index (χ4n) is 4.93. The summed E-state index contributed by atoms with van der Waals surface area (Å²) in [5, 5.41) is 0. The summed E-state index contributed by atoms with van der Waals surface area (Å²) in [5.74, 6) is 2.38. The van der Waals surface area contributed by atoms with Gasteiger partial charge in [-0.25, -0.2) is 0 Å². The number of ether oxygens (including phenoxy) is 7. The van der Waals surface area contributed by atoms with Gasteiger partial charge in [-0.1, -0.05) is 13.8 Å². The van der Waals surface area contributed by atoms with Crippen LogP contribution in [0.15, 0.2) is 8.95 Å². The van der Waals surface area contributed by atoms with Crippen LogP contribution in [0.1, 0.15) is 38.3 Å². The first-order chi connectivity index (χ1) is 17.6. The SMILES string of the molecule is CCC(=O)O[C@]1(C)Cc2c(Br)c(OC)c(OC)c(OC)c2-c2c(c(Br)c(OC)c(OC)c2OC)C[C@H]1C. The molecule has 0 fully saturated rings. The summed E-state index contributed by atoms with van der Waals surface area (Å²) in [6, 6.07) is 0. The second kappa shape index (κ2) is 11.6. The van der Waals surface area contributed by atoms with Crippen LogP contribution >= 0.6 is 31.9 Å². The average Bonchev–Trinajstić information content (AvgIpc) is 2.88. The Morgan fingerprint density at radius 2 is 1.16 bits per heavy atom. The number of rotatable bonds is 8. The summed E-state index contributed by atoms with van der Waals surface area (Å²) in [4.78, 5) is 12.6. The molecule has 10 heteroatoms. The lowest BCUT2D eigenvalue weighted by molar-refractivity contribution is -0.163. The Bertz CT molecular complexity index is 1200. The molecule has 2 aromatic rings. The smallest absolute Gasteiger partial charge is 0.306 e. The Morgan fingerprint density at radius 3 is 1.57 bits per heavy atom. The predicted molar refractivity (Wildman–Crippen MR) is 148 cm³/mol. The number of esters is 1. The highest BCUT2D eigenvalue weighted by Crippen LogP contribution is 2.60. The molecule has 0 N–H and O–H groups in total. The fourth-order valence-corrected chi connectivity index (χ4v) is 6.31. The van der Waals surface area contributed by atoms with Gasteiger partial charge in [-0.05, 0) is 56.3 Å².